The van der Waals surface area contributed by atoms with E-state index in [0.717, 1.165) is 25.2 Å². The molecule has 9 heteroatoms. The number of aromatic nitrogens is 2. The van der Waals surface area contributed by atoms with Crippen LogP contribution >= 0.6 is 0 Å². The fourth-order valence-corrected chi connectivity index (χ4v) is 4.97. The SMILES string of the molecule is CN1C(CCC(=O)N2CCC(O)CC2)CNC(=O)C2C1CCN2Cc1ncc[nH]1. The molecule has 9 nitrogen and oxygen atoms in total. The summed E-state index contributed by atoms with van der Waals surface area (Å²) in [6.07, 6.45) is 6.75. The summed E-state index contributed by atoms with van der Waals surface area (Å²) in [5, 5.41) is 12.7. The number of carbonyl (C=O) groups excluding carboxylic acids is 2. The molecule has 4 heterocycles. The molecular formula is C20H32N6O3. The standard InChI is InChI=1S/C20H32N6O3/c1-24-14(2-3-18(28)25-9-4-15(27)5-10-25)12-23-20(29)19-16(24)6-11-26(19)13-17-21-7-8-22-17/h7-8,14-16,19,27H,2-6,9-13H2,1H3,(H,21,22)(H,23,29). The van der Waals surface area contributed by atoms with Gasteiger partial charge in [0.05, 0.1) is 12.6 Å². The van der Waals surface area contributed by atoms with Crippen LogP contribution in [0.1, 0.15) is 37.9 Å². The largest absolute Gasteiger partial charge is 0.393 e. The van der Waals surface area contributed by atoms with Crippen LogP contribution < -0.4 is 5.32 Å². The van der Waals surface area contributed by atoms with Gasteiger partial charge in [-0.15, -0.1) is 0 Å². The molecule has 0 bridgehead atoms. The number of imidazole rings is 1. The summed E-state index contributed by atoms with van der Waals surface area (Å²) in [6.45, 7) is 3.35. The summed E-state index contributed by atoms with van der Waals surface area (Å²) in [4.78, 5) is 39.2. The first kappa shape index (κ1) is 20.3. The molecule has 1 aromatic rings. The van der Waals surface area contributed by atoms with E-state index in [1.165, 1.54) is 0 Å². The Morgan fingerprint density at radius 1 is 1.28 bits per heavy atom. The van der Waals surface area contributed by atoms with Crippen LogP contribution in [0, 0.1) is 0 Å². The Bertz CT molecular complexity index is 703. The fraction of sp³-hybridized carbons (Fsp3) is 0.750. The lowest BCUT2D eigenvalue weighted by Gasteiger charge is -2.34. The number of hydrogen-bond donors (Lipinski definition) is 3. The van der Waals surface area contributed by atoms with Gasteiger partial charge in [0.25, 0.3) is 0 Å². The molecular weight excluding hydrogens is 372 g/mol. The predicted molar refractivity (Wildman–Crippen MR) is 107 cm³/mol. The lowest BCUT2D eigenvalue weighted by atomic mass is 10.0. The minimum atomic E-state index is -0.273. The third-order valence-electron chi connectivity index (χ3n) is 6.77. The maximum atomic E-state index is 12.8. The van der Waals surface area contributed by atoms with E-state index in [0.29, 0.717) is 45.4 Å². The zero-order chi connectivity index (χ0) is 20.4. The number of amides is 2. The molecule has 0 aromatic carbocycles. The predicted octanol–water partition coefficient (Wildman–Crippen LogP) is -0.454. The zero-order valence-corrected chi connectivity index (χ0v) is 17.1. The van der Waals surface area contributed by atoms with Crippen molar-refractivity contribution in [1.29, 1.82) is 0 Å². The second-order valence-corrected chi connectivity index (χ2v) is 8.52. The van der Waals surface area contributed by atoms with Crippen molar-refractivity contribution in [3.8, 4) is 0 Å². The van der Waals surface area contributed by atoms with Crippen molar-refractivity contribution in [2.45, 2.75) is 62.9 Å². The van der Waals surface area contributed by atoms with E-state index in [1.54, 1.807) is 12.4 Å². The number of H-pyrrole nitrogens is 1. The van der Waals surface area contributed by atoms with Crippen molar-refractivity contribution in [3.05, 3.63) is 18.2 Å². The molecule has 1 aromatic heterocycles. The van der Waals surface area contributed by atoms with Crippen molar-refractivity contribution in [2.24, 2.45) is 0 Å². The molecule has 0 spiro atoms. The van der Waals surface area contributed by atoms with Gasteiger partial charge in [0.2, 0.25) is 11.8 Å². The normalized spacial score (nSPS) is 29.5. The van der Waals surface area contributed by atoms with Gasteiger partial charge in [-0.05, 0) is 32.7 Å². The third kappa shape index (κ3) is 4.46. The van der Waals surface area contributed by atoms with E-state index in [2.05, 4.69) is 32.1 Å². The summed E-state index contributed by atoms with van der Waals surface area (Å²) < 4.78 is 0. The van der Waals surface area contributed by atoms with Gasteiger partial charge in [-0.3, -0.25) is 19.4 Å². The molecule has 0 radical (unpaired) electrons. The van der Waals surface area contributed by atoms with Gasteiger partial charge in [0.15, 0.2) is 0 Å². The van der Waals surface area contributed by atoms with E-state index in [9.17, 15) is 14.7 Å². The molecule has 3 aliphatic rings. The number of nitrogens with one attached hydrogen (secondary N) is 2. The van der Waals surface area contributed by atoms with Crippen LogP contribution in [0.4, 0.5) is 0 Å². The molecule has 0 saturated carbocycles. The Balaban J connectivity index is 1.35. The summed E-state index contributed by atoms with van der Waals surface area (Å²) in [7, 11) is 2.08. The van der Waals surface area contributed by atoms with Crippen LogP contribution in [0.3, 0.4) is 0 Å². The first-order valence-electron chi connectivity index (χ1n) is 10.7. The van der Waals surface area contributed by atoms with E-state index in [-0.39, 0.29) is 36.0 Å². The number of aliphatic hydroxyl groups excluding tert-OH is 1. The number of likely N-dealkylation sites (N-methyl/N-ethyl adjacent to an activating group) is 1. The van der Waals surface area contributed by atoms with E-state index in [1.807, 2.05) is 4.90 Å². The lowest BCUT2D eigenvalue weighted by Crippen LogP contribution is -2.49. The highest BCUT2D eigenvalue weighted by Gasteiger charge is 2.45. The van der Waals surface area contributed by atoms with Crippen LogP contribution in [0.5, 0.6) is 0 Å². The highest BCUT2D eigenvalue weighted by molar-refractivity contribution is 5.83. The average Bonchev–Trinajstić information content (AvgIpc) is 3.35. The maximum Gasteiger partial charge on any atom is 0.239 e. The molecule has 3 saturated heterocycles. The molecule has 2 amide bonds. The Morgan fingerprint density at radius 3 is 2.79 bits per heavy atom. The number of aromatic amines is 1. The van der Waals surface area contributed by atoms with Gasteiger partial charge < -0.3 is 20.3 Å². The molecule has 4 rings (SSSR count). The van der Waals surface area contributed by atoms with Crippen LogP contribution in [0.15, 0.2) is 12.4 Å². The molecule has 0 aliphatic carbocycles. The monoisotopic (exact) mass is 404 g/mol. The number of piperidine rings is 1. The van der Waals surface area contributed by atoms with Crippen molar-refractivity contribution in [2.75, 3.05) is 33.2 Å². The van der Waals surface area contributed by atoms with E-state index < -0.39 is 0 Å². The van der Waals surface area contributed by atoms with Crippen molar-refractivity contribution in [3.63, 3.8) is 0 Å². The van der Waals surface area contributed by atoms with Crippen LogP contribution in [0.2, 0.25) is 0 Å². The number of rotatable bonds is 5. The van der Waals surface area contributed by atoms with Crippen LogP contribution in [0.25, 0.3) is 0 Å². The molecule has 160 valence electrons. The minimum absolute atomic E-state index is 0.0738. The van der Waals surface area contributed by atoms with Crippen molar-refractivity contribution >= 4 is 11.8 Å². The number of likely N-dealkylation sites (tertiary alicyclic amines) is 2. The maximum absolute atomic E-state index is 12.8. The summed E-state index contributed by atoms with van der Waals surface area (Å²) in [5.74, 6) is 1.10. The number of carbonyl (C=O) groups is 2. The number of hydrogen-bond acceptors (Lipinski definition) is 6. The number of fused-ring (bicyclic) bond motifs is 1. The third-order valence-corrected chi connectivity index (χ3v) is 6.77. The highest BCUT2D eigenvalue weighted by atomic mass is 16.3. The number of aliphatic hydroxyl groups is 1. The van der Waals surface area contributed by atoms with Gasteiger partial charge in [-0.25, -0.2) is 4.98 Å². The topological polar surface area (TPSA) is 105 Å². The lowest BCUT2D eigenvalue weighted by molar-refractivity contribution is -0.133. The van der Waals surface area contributed by atoms with Crippen LogP contribution in [-0.4, -0.2) is 99.0 Å². The molecule has 3 aliphatic heterocycles. The van der Waals surface area contributed by atoms with Gasteiger partial charge in [-0.1, -0.05) is 0 Å². The minimum Gasteiger partial charge on any atom is -0.393 e. The van der Waals surface area contributed by atoms with Gasteiger partial charge in [0, 0.05) is 57.1 Å². The van der Waals surface area contributed by atoms with Gasteiger partial charge in [0.1, 0.15) is 11.9 Å². The first-order valence-corrected chi connectivity index (χ1v) is 10.7. The fourth-order valence-electron chi connectivity index (χ4n) is 4.97. The number of nitrogens with zero attached hydrogens (tertiary/aromatic N) is 4. The van der Waals surface area contributed by atoms with Crippen molar-refractivity contribution < 1.29 is 14.7 Å². The molecule has 3 atom stereocenters. The smallest absolute Gasteiger partial charge is 0.239 e. The summed E-state index contributed by atoms with van der Waals surface area (Å²) in [5.41, 5.74) is 0. The molecule has 29 heavy (non-hydrogen) atoms. The molecule has 3 unspecified atom stereocenters. The first-order chi connectivity index (χ1) is 14.0. The Morgan fingerprint density at radius 2 is 2.07 bits per heavy atom. The Kier molecular flexibility index (Phi) is 6.17. The summed E-state index contributed by atoms with van der Waals surface area (Å²) >= 11 is 0. The van der Waals surface area contributed by atoms with Gasteiger partial charge >= 0.3 is 0 Å². The quantitative estimate of drug-likeness (QED) is 0.614. The van der Waals surface area contributed by atoms with Gasteiger partial charge in [-0.2, -0.15) is 0 Å². The molecule has 3 fully saturated rings. The Labute approximate surface area is 171 Å². The zero-order valence-electron chi connectivity index (χ0n) is 17.1. The second kappa shape index (κ2) is 8.81. The van der Waals surface area contributed by atoms with E-state index in [4.69, 9.17) is 0 Å². The van der Waals surface area contributed by atoms with Crippen LogP contribution in [-0.2, 0) is 16.1 Å². The average molecular weight is 405 g/mol. The Hall–Kier alpha value is -1.97. The highest BCUT2D eigenvalue weighted by Crippen LogP contribution is 2.28. The van der Waals surface area contributed by atoms with E-state index >= 15 is 0 Å². The molecule has 3 N–H and O–H groups in total. The van der Waals surface area contributed by atoms with Crippen molar-refractivity contribution in [1.82, 2.24) is 30.0 Å². The summed E-state index contributed by atoms with van der Waals surface area (Å²) in [6, 6.07) is 0.115. The second-order valence-electron chi connectivity index (χ2n) is 8.52.